The van der Waals surface area contributed by atoms with E-state index in [4.69, 9.17) is 0 Å². The first kappa shape index (κ1) is 11.6. The van der Waals surface area contributed by atoms with E-state index in [1.807, 2.05) is 13.8 Å². The summed E-state index contributed by atoms with van der Waals surface area (Å²) in [6.07, 6.45) is 0.644. The number of amides is 2. The van der Waals surface area contributed by atoms with Crippen molar-refractivity contribution in [1.29, 1.82) is 0 Å². The summed E-state index contributed by atoms with van der Waals surface area (Å²) in [5.74, 6) is 0.0221. The standard InChI is InChI=1S/C13H16N2O2/c1-8(2)7-11-13(17)14-10-6-4-3-5-9(10)12(16)15-11/h3-6,8,11H,7H2,1-2H3,(H,14,17)(H,15,16). The van der Waals surface area contributed by atoms with Gasteiger partial charge in [0.15, 0.2) is 0 Å². The minimum Gasteiger partial charge on any atom is -0.340 e. The zero-order valence-corrected chi connectivity index (χ0v) is 9.99. The van der Waals surface area contributed by atoms with Crippen molar-refractivity contribution in [2.24, 2.45) is 5.92 Å². The molecule has 2 rings (SSSR count). The molecule has 1 heterocycles. The van der Waals surface area contributed by atoms with Crippen LogP contribution < -0.4 is 10.6 Å². The summed E-state index contributed by atoms with van der Waals surface area (Å²) in [4.78, 5) is 23.9. The first-order valence-electron chi connectivity index (χ1n) is 5.78. The molecule has 1 unspecified atom stereocenters. The smallest absolute Gasteiger partial charge is 0.254 e. The van der Waals surface area contributed by atoms with Crippen LogP contribution in [0.5, 0.6) is 0 Å². The quantitative estimate of drug-likeness (QED) is 0.816. The summed E-state index contributed by atoms with van der Waals surface area (Å²) in [5.41, 5.74) is 1.10. The molecule has 90 valence electrons. The summed E-state index contributed by atoms with van der Waals surface area (Å²) in [7, 11) is 0. The highest BCUT2D eigenvalue weighted by Crippen LogP contribution is 2.19. The monoisotopic (exact) mass is 232 g/mol. The van der Waals surface area contributed by atoms with Crippen molar-refractivity contribution in [2.75, 3.05) is 5.32 Å². The van der Waals surface area contributed by atoms with E-state index in [0.29, 0.717) is 23.6 Å². The van der Waals surface area contributed by atoms with Crippen LogP contribution in [0.4, 0.5) is 5.69 Å². The van der Waals surface area contributed by atoms with E-state index in [1.54, 1.807) is 24.3 Å². The molecule has 1 atom stereocenters. The van der Waals surface area contributed by atoms with Gasteiger partial charge in [0.2, 0.25) is 5.91 Å². The van der Waals surface area contributed by atoms with Gasteiger partial charge in [-0.1, -0.05) is 26.0 Å². The van der Waals surface area contributed by atoms with E-state index in [0.717, 1.165) is 0 Å². The number of nitrogens with one attached hydrogen (secondary N) is 2. The van der Waals surface area contributed by atoms with Crippen LogP contribution in [0.15, 0.2) is 24.3 Å². The van der Waals surface area contributed by atoms with Crippen molar-refractivity contribution in [3.05, 3.63) is 29.8 Å². The van der Waals surface area contributed by atoms with Gasteiger partial charge in [-0.15, -0.1) is 0 Å². The Morgan fingerprint density at radius 3 is 2.65 bits per heavy atom. The molecule has 0 aromatic heterocycles. The zero-order chi connectivity index (χ0) is 12.4. The number of anilines is 1. The fraction of sp³-hybridized carbons (Fsp3) is 0.385. The minimum atomic E-state index is -0.449. The molecule has 0 bridgehead atoms. The maximum absolute atomic E-state index is 11.9. The highest BCUT2D eigenvalue weighted by atomic mass is 16.2. The van der Waals surface area contributed by atoms with Gasteiger partial charge in [0.25, 0.3) is 5.91 Å². The van der Waals surface area contributed by atoms with Gasteiger partial charge in [-0.2, -0.15) is 0 Å². The summed E-state index contributed by atoms with van der Waals surface area (Å²) >= 11 is 0. The summed E-state index contributed by atoms with van der Waals surface area (Å²) < 4.78 is 0. The molecule has 17 heavy (non-hydrogen) atoms. The Kier molecular flexibility index (Phi) is 3.13. The molecule has 0 fully saturated rings. The second-order valence-corrected chi connectivity index (χ2v) is 4.69. The Labute approximate surface area is 100 Å². The summed E-state index contributed by atoms with van der Waals surface area (Å²) in [6, 6.07) is 6.59. The number of carbonyl (C=O) groups excluding carboxylic acids is 2. The van der Waals surface area contributed by atoms with Crippen molar-refractivity contribution in [1.82, 2.24) is 5.32 Å². The molecule has 0 radical (unpaired) electrons. The van der Waals surface area contributed by atoms with E-state index in [9.17, 15) is 9.59 Å². The van der Waals surface area contributed by atoms with Gasteiger partial charge in [0.05, 0.1) is 11.3 Å². The molecule has 0 saturated heterocycles. The highest BCUT2D eigenvalue weighted by Gasteiger charge is 2.27. The Morgan fingerprint density at radius 2 is 1.94 bits per heavy atom. The largest absolute Gasteiger partial charge is 0.340 e. The SMILES string of the molecule is CC(C)CC1NC(=O)c2ccccc2NC1=O. The van der Waals surface area contributed by atoms with Crippen LogP contribution in [0.3, 0.4) is 0 Å². The van der Waals surface area contributed by atoms with Gasteiger partial charge in [-0.25, -0.2) is 0 Å². The van der Waals surface area contributed by atoms with Gasteiger partial charge in [0, 0.05) is 0 Å². The van der Waals surface area contributed by atoms with Crippen LogP contribution in [0.2, 0.25) is 0 Å². The van der Waals surface area contributed by atoms with Crippen molar-refractivity contribution in [3.63, 3.8) is 0 Å². The van der Waals surface area contributed by atoms with Gasteiger partial charge in [0.1, 0.15) is 6.04 Å². The Bertz CT molecular complexity index is 454. The van der Waals surface area contributed by atoms with Crippen LogP contribution in [0.1, 0.15) is 30.6 Å². The Hall–Kier alpha value is -1.84. The van der Waals surface area contributed by atoms with Crippen LogP contribution >= 0.6 is 0 Å². The lowest BCUT2D eigenvalue weighted by Gasteiger charge is -2.16. The summed E-state index contributed by atoms with van der Waals surface area (Å²) in [6.45, 7) is 4.05. The first-order valence-corrected chi connectivity index (χ1v) is 5.78. The number of benzene rings is 1. The number of rotatable bonds is 2. The van der Waals surface area contributed by atoms with Crippen molar-refractivity contribution >= 4 is 17.5 Å². The highest BCUT2D eigenvalue weighted by molar-refractivity contribution is 6.09. The molecule has 1 aliphatic rings. The van der Waals surface area contributed by atoms with E-state index >= 15 is 0 Å². The molecule has 1 aromatic carbocycles. The molecule has 0 spiro atoms. The molecule has 1 aliphatic heterocycles. The molecule has 0 aliphatic carbocycles. The average molecular weight is 232 g/mol. The molecule has 0 saturated carbocycles. The van der Waals surface area contributed by atoms with Crippen molar-refractivity contribution in [2.45, 2.75) is 26.3 Å². The van der Waals surface area contributed by atoms with Crippen LogP contribution in [0, 0.1) is 5.92 Å². The van der Waals surface area contributed by atoms with Gasteiger partial charge in [-0.05, 0) is 24.5 Å². The van der Waals surface area contributed by atoms with E-state index in [1.165, 1.54) is 0 Å². The number of hydrogen-bond acceptors (Lipinski definition) is 2. The van der Waals surface area contributed by atoms with E-state index in [2.05, 4.69) is 10.6 Å². The first-order chi connectivity index (χ1) is 8.08. The number of carbonyl (C=O) groups is 2. The second-order valence-electron chi connectivity index (χ2n) is 4.69. The molecule has 4 heteroatoms. The molecule has 2 N–H and O–H groups in total. The molecular weight excluding hydrogens is 216 g/mol. The van der Waals surface area contributed by atoms with Crippen LogP contribution in [0.25, 0.3) is 0 Å². The Morgan fingerprint density at radius 1 is 1.24 bits per heavy atom. The third-order valence-corrected chi connectivity index (χ3v) is 2.76. The van der Waals surface area contributed by atoms with E-state index < -0.39 is 6.04 Å². The zero-order valence-electron chi connectivity index (χ0n) is 9.99. The Balaban J connectivity index is 2.28. The minimum absolute atomic E-state index is 0.142. The average Bonchev–Trinajstić information content (AvgIpc) is 2.38. The third-order valence-electron chi connectivity index (χ3n) is 2.76. The maximum atomic E-state index is 11.9. The predicted octanol–water partition coefficient (Wildman–Crippen LogP) is 1.78. The normalized spacial score (nSPS) is 19.4. The van der Waals surface area contributed by atoms with Gasteiger partial charge < -0.3 is 10.6 Å². The fourth-order valence-electron chi connectivity index (χ4n) is 1.95. The van der Waals surface area contributed by atoms with Crippen LogP contribution in [-0.4, -0.2) is 17.9 Å². The lowest BCUT2D eigenvalue weighted by atomic mass is 10.0. The number of fused-ring (bicyclic) bond motifs is 1. The van der Waals surface area contributed by atoms with Gasteiger partial charge in [-0.3, -0.25) is 9.59 Å². The van der Waals surface area contributed by atoms with Crippen LogP contribution in [-0.2, 0) is 4.79 Å². The van der Waals surface area contributed by atoms with Crippen molar-refractivity contribution < 1.29 is 9.59 Å². The number of hydrogen-bond donors (Lipinski definition) is 2. The fourth-order valence-corrected chi connectivity index (χ4v) is 1.95. The third kappa shape index (κ3) is 2.46. The second kappa shape index (κ2) is 4.57. The lowest BCUT2D eigenvalue weighted by Crippen LogP contribution is -2.41. The predicted molar refractivity (Wildman–Crippen MR) is 65.8 cm³/mol. The number of para-hydroxylation sites is 1. The lowest BCUT2D eigenvalue weighted by molar-refractivity contribution is -0.118. The maximum Gasteiger partial charge on any atom is 0.254 e. The van der Waals surface area contributed by atoms with Gasteiger partial charge >= 0.3 is 0 Å². The van der Waals surface area contributed by atoms with E-state index in [-0.39, 0.29) is 11.8 Å². The molecule has 2 amide bonds. The molecule has 1 aromatic rings. The van der Waals surface area contributed by atoms with Crippen molar-refractivity contribution in [3.8, 4) is 0 Å². The molecule has 4 nitrogen and oxygen atoms in total. The summed E-state index contributed by atoms with van der Waals surface area (Å²) in [5, 5.41) is 5.55. The topological polar surface area (TPSA) is 58.2 Å². The molecular formula is C13H16N2O2.